The van der Waals surface area contributed by atoms with Crippen molar-refractivity contribution in [3.8, 4) is 0 Å². The van der Waals surface area contributed by atoms with Crippen molar-refractivity contribution in [1.29, 1.82) is 0 Å². The summed E-state index contributed by atoms with van der Waals surface area (Å²) in [5.41, 5.74) is 0. The Bertz CT molecular complexity index is 227. The van der Waals surface area contributed by atoms with Crippen LogP contribution in [0.15, 0.2) is 0 Å². The average molecular weight is 333 g/mol. The maximum atomic E-state index is 8.82. The van der Waals surface area contributed by atoms with Crippen LogP contribution in [0.2, 0.25) is 0 Å². The van der Waals surface area contributed by atoms with Crippen molar-refractivity contribution < 1.29 is 5.11 Å². The fourth-order valence-corrected chi connectivity index (χ4v) is 6.56. The van der Waals surface area contributed by atoms with Crippen molar-refractivity contribution >= 4 is 23.5 Å². The van der Waals surface area contributed by atoms with Gasteiger partial charge in [0.05, 0.1) is 4.08 Å². The Morgan fingerprint density at radius 3 is 1.86 bits per heavy atom. The van der Waals surface area contributed by atoms with Gasteiger partial charge in [0.1, 0.15) is 0 Å². The molecule has 21 heavy (non-hydrogen) atoms. The molecule has 0 aromatic rings. The maximum Gasteiger partial charge on any atom is 0.0611 e. The van der Waals surface area contributed by atoms with E-state index in [1.165, 1.54) is 88.6 Å². The zero-order valence-corrected chi connectivity index (χ0v) is 15.7. The lowest BCUT2D eigenvalue weighted by molar-refractivity contribution is 0.282. The normalized spacial score (nSPS) is 18.0. The molecule has 1 nitrogen and oxygen atoms in total. The van der Waals surface area contributed by atoms with E-state index in [4.69, 9.17) is 5.11 Å². The van der Waals surface area contributed by atoms with Gasteiger partial charge in [-0.3, -0.25) is 0 Å². The average Bonchev–Trinajstić information content (AvgIpc) is 2.52. The molecule has 0 aromatic heterocycles. The lowest BCUT2D eigenvalue weighted by Gasteiger charge is -2.36. The Hall–Kier alpha value is 0.660. The first-order chi connectivity index (χ1) is 10.3. The number of unbranched alkanes of at least 4 members (excludes halogenated alkanes) is 8. The predicted octanol–water partition coefficient (Wildman–Crippen LogP) is 6.25. The van der Waals surface area contributed by atoms with Crippen molar-refractivity contribution in [3.63, 3.8) is 0 Å². The summed E-state index contributed by atoms with van der Waals surface area (Å²) in [4.78, 5) is 0. The molecular formula is C18H36OS2. The van der Waals surface area contributed by atoms with Crippen LogP contribution in [0.5, 0.6) is 0 Å². The first-order valence-corrected chi connectivity index (χ1v) is 11.2. The summed E-state index contributed by atoms with van der Waals surface area (Å²) < 4.78 is 0.557. The summed E-state index contributed by atoms with van der Waals surface area (Å²) in [5.74, 6) is 2.76. The van der Waals surface area contributed by atoms with Gasteiger partial charge in [-0.05, 0) is 37.2 Å². The summed E-state index contributed by atoms with van der Waals surface area (Å²) in [6.45, 7) is 2.67. The van der Waals surface area contributed by atoms with Gasteiger partial charge >= 0.3 is 0 Å². The molecule has 1 aliphatic heterocycles. The van der Waals surface area contributed by atoms with E-state index in [0.717, 1.165) is 6.42 Å². The summed E-state index contributed by atoms with van der Waals surface area (Å²) in [7, 11) is 0. The SMILES string of the molecule is CCCCCCCC1(CCCCCCCO)SCCCS1. The molecule has 1 fully saturated rings. The summed E-state index contributed by atoms with van der Waals surface area (Å²) >= 11 is 4.53. The van der Waals surface area contributed by atoms with Gasteiger partial charge in [-0.15, -0.1) is 23.5 Å². The second kappa shape index (κ2) is 13.1. The second-order valence-electron chi connectivity index (χ2n) is 6.37. The molecule has 0 saturated carbocycles. The molecule has 0 bridgehead atoms. The zero-order chi connectivity index (χ0) is 15.2. The van der Waals surface area contributed by atoms with Crippen LogP contribution in [0.1, 0.15) is 90.4 Å². The zero-order valence-electron chi connectivity index (χ0n) is 14.1. The number of rotatable bonds is 13. The van der Waals surface area contributed by atoms with Crippen molar-refractivity contribution in [2.24, 2.45) is 0 Å². The third-order valence-electron chi connectivity index (χ3n) is 4.40. The van der Waals surface area contributed by atoms with E-state index < -0.39 is 0 Å². The number of hydrogen-bond acceptors (Lipinski definition) is 3. The van der Waals surface area contributed by atoms with Gasteiger partial charge < -0.3 is 5.11 Å². The van der Waals surface area contributed by atoms with Gasteiger partial charge in [0.15, 0.2) is 0 Å². The Morgan fingerprint density at radius 2 is 1.29 bits per heavy atom. The number of aliphatic hydroxyl groups is 1. The monoisotopic (exact) mass is 332 g/mol. The predicted molar refractivity (Wildman–Crippen MR) is 100 cm³/mol. The van der Waals surface area contributed by atoms with E-state index in [9.17, 15) is 0 Å². The molecular weight excluding hydrogens is 296 g/mol. The van der Waals surface area contributed by atoms with E-state index in [1.54, 1.807) is 0 Å². The summed E-state index contributed by atoms with van der Waals surface area (Å²) in [6, 6.07) is 0. The largest absolute Gasteiger partial charge is 0.396 e. The number of thioether (sulfide) groups is 2. The van der Waals surface area contributed by atoms with Crippen LogP contribution in [-0.2, 0) is 0 Å². The van der Waals surface area contributed by atoms with Gasteiger partial charge in [0.2, 0.25) is 0 Å². The minimum atomic E-state index is 0.368. The quantitative estimate of drug-likeness (QED) is 0.403. The maximum absolute atomic E-state index is 8.82. The molecule has 0 aliphatic carbocycles. The lowest BCUT2D eigenvalue weighted by atomic mass is 10.0. The molecule has 1 aliphatic rings. The van der Waals surface area contributed by atoms with Crippen LogP contribution >= 0.6 is 23.5 Å². The highest BCUT2D eigenvalue weighted by atomic mass is 32.2. The molecule has 1 saturated heterocycles. The minimum absolute atomic E-state index is 0.368. The second-order valence-corrected chi connectivity index (χ2v) is 9.58. The van der Waals surface area contributed by atoms with Gasteiger partial charge in [0, 0.05) is 6.61 Å². The van der Waals surface area contributed by atoms with Crippen LogP contribution < -0.4 is 0 Å². The first-order valence-electron chi connectivity index (χ1n) is 9.22. The lowest BCUT2D eigenvalue weighted by Crippen LogP contribution is -2.25. The van der Waals surface area contributed by atoms with Gasteiger partial charge in [-0.2, -0.15) is 0 Å². The fraction of sp³-hybridized carbons (Fsp3) is 1.00. The molecule has 0 amide bonds. The highest BCUT2D eigenvalue weighted by Gasteiger charge is 2.32. The highest BCUT2D eigenvalue weighted by Crippen LogP contribution is 2.49. The van der Waals surface area contributed by atoms with Crippen LogP contribution in [-0.4, -0.2) is 27.3 Å². The standard InChI is InChI=1S/C18H36OS2/c1-2-3-4-6-9-13-18(20-16-12-17-21-18)14-10-7-5-8-11-15-19/h19H,2-17H2,1H3. The van der Waals surface area contributed by atoms with Crippen molar-refractivity contribution in [1.82, 2.24) is 0 Å². The van der Waals surface area contributed by atoms with Crippen LogP contribution in [0.4, 0.5) is 0 Å². The number of aliphatic hydroxyl groups excluding tert-OH is 1. The van der Waals surface area contributed by atoms with Gasteiger partial charge in [-0.1, -0.05) is 64.7 Å². The third kappa shape index (κ3) is 9.40. The molecule has 0 atom stereocenters. The van der Waals surface area contributed by atoms with E-state index in [0.29, 0.717) is 10.7 Å². The van der Waals surface area contributed by atoms with Crippen LogP contribution in [0.25, 0.3) is 0 Å². The smallest absolute Gasteiger partial charge is 0.0611 e. The molecule has 1 rings (SSSR count). The topological polar surface area (TPSA) is 20.2 Å². The Kier molecular flexibility index (Phi) is 12.3. The molecule has 0 aromatic carbocycles. The Balaban J connectivity index is 2.19. The van der Waals surface area contributed by atoms with E-state index in [2.05, 4.69) is 30.4 Å². The fourth-order valence-electron chi connectivity index (χ4n) is 3.06. The van der Waals surface area contributed by atoms with Crippen molar-refractivity contribution in [3.05, 3.63) is 0 Å². The molecule has 3 heteroatoms. The molecule has 126 valence electrons. The van der Waals surface area contributed by atoms with Crippen LogP contribution in [0, 0.1) is 0 Å². The molecule has 1 N–H and O–H groups in total. The Labute approximate surface area is 141 Å². The molecule has 1 heterocycles. The third-order valence-corrected chi connectivity index (χ3v) is 7.96. The highest BCUT2D eigenvalue weighted by molar-refractivity contribution is 8.18. The summed E-state index contributed by atoms with van der Waals surface area (Å²) in [6.07, 6.45) is 17.6. The summed E-state index contributed by atoms with van der Waals surface area (Å²) in [5, 5.41) is 8.82. The number of hydrogen-bond donors (Lipinski definition) is 1. The molecule has 0 spiro atoms. The van der Waals surface area contributed by atoms with E-state index in [-0.39, 0.29) is 0 Å². The van der Waals surface area contributed by atoms with Gasteiger partial charge in [0.25, 0.3) is 0 Å². The van der Waals surface area contributed by atoms with Crippen molar-refractivity contribution in [2.45, 2.75) is 94.5 Å². The van der Waals surface area contributed by atoms with Crippen LogP contribution in [0.3, 0.4) is 0 Å². The van der Waals surface area contributed by atoms with E-state index in [1.807, 2.05) is 0 Å². The Morgan fingerprint density at radius 1 is 0.762 bits per heavy atom. The first kappa shape index (κ1) is 19.7. The molecule has 0 radical (unpaired) electrons. The molecule has 0 unspecified atom stereocenters. The van der Waals surface area contributed by atoms with Gasteiger partial charge in [-0.25, -0.2) is 0 Å². The van der Waals surface area contributed by atoms with Crippen molar-refractivity contribution in [2.75, 3.05) is 18.1 Å². The minimum Gasteiger partial charge on any atom is -0.396 e. The van der Waals surface area contributed by atoms with E-state index >= 15 is 0 Å².